The smallest absolute Gasteiger partial charge is 0.367 e. The van der Waals surface area contributed by atoms with Gasteiger partial charge in [0, 0.05) is 13.3 Å². The summed E-state index contributed by atoms with van der Waals surface area (Å²) in [6.45, 7) is 3.43. The van der Waals surface area contributed by atoms with Gasteiger partial charge in [0.25, 0.3) is 5.79 Å². The summed E-state index contributed by atoms with van der Waals surface area (Å²) in [4.78, 5) is 23.2. The number of carbonyl (C=O) groups is 2. The lowest BCUT2D eigenvalue weighted by atomic mass is 9.88. The highest BCUT2D eigenvalue weighted by molar-refractivity contribution is 5.78. The number of esters is 1. The monoisotopic (exact) mass is 349 g/mol. The van der Waals surface area contributed by atoms with E-state index in [1.165, 1.54) is 6.08 Å². The van der Waals surface area contributed by atoms with Crippen molar-refractivity contribution in [1.82, 2.24) is 5.32 Å². The molecule has 0 bridgehead atoms. The molecule has 138 valence electrons. The van der Waals surface area contributed by atoms with Crippen LogP contribution in [0, 0.1) is 0 Å². The second kappa shape index (κ2) is 8.51. The maximum atomic E-state index is 11.9. The van der Waals surface area contributed by atoms with Gasteiger partial charge < -0.3 is 40.3 Å². The van der Waals surface area contributed by atoms with Crippen molar-refractivity contribution >= 4 is 11.9 Å². The molecule has 0 spiro atoms. The van der Waals surface area contributed by atoms with E-state index in [-0.39, 0.29) is 6.61 Å². The van der Waals surface area contributed by atoms with E-state index in [4.69, 9.17) is 9.84 Å². The van der Waals surface area contributed by atoms with Crippen LogP contribution in [0.15, 0.2) is 12.7 Å². The van der Waals surface area contributed by atoms with Crippen LogP contribution >= 0.6 is 0 Å². The molecule has 0 aromatic rings. The Bertz CT molecular complexity index is 471. The zero-order valence-electron chi connectivity index (χ0n) is 13.2. The first-order chi connectivity index (χ1) is 11.2. The van der Waals surface area contributed by atoms with E-state index in [2.05, 4.69) is 16.6 Å². The molecule has 1 heterocycles. The van der Waals surface area contributed by atoms with Crippen molar-refractivity contribution in [2.45, 2.75) is 49.6 Å². The predicted molar refractivity (Wildman–Crippen MR) is 78.3 cm³/mol. The average molecular weight is 349 g/mol. The first kappa shape index (κ1) is 20.5. The van der Waals surface area contributed by atoms with Gasteiger partial charge in [0.2, 0.25) is 5.91 Å². The summed E-state index contributed by atoms with van der Waals surface area (Å²) >= 11 is 0. The number of amides is 1. The van der Waals surface area contributed by atoms with E-state index in [1.807, 2.05) is 0 Å². The Kier molecular flexibility index (Phi) is 7.27. The van der Waals surface area contributed by atoms with E-state index in [0.29, 0.717) is 0 Å². The SMILES string of the molecule is C=CCOC(=O)[C@@]1(O)C[C@H](O)[C@@H](NC(C)=O)[C@H]([C@H](O)[C@H](O)CO)O1. The molecular formula is C14H23NO9. The average Bonchev–Trinajstić information content (AvgIpc) is 2.53. The van der Waals surface area contributed by atoms with E-state index in [0.717, 1.165) is 6.92 Å². The second-order valence-electron chi connectivity index (χ2n) is 5.49. The third-order valence-electron chi connectivity index (χ3n) is 3.52. The molecule has 1 rings (SSSR count). The van der Waals surface area contributed by atoms with Gasteiger partial charge in [0.15, 0.2) is 0 Å². The number of aliphatic hydroxyl groups is 5. The van der Waals surface area contributed by atoms with Gasteiger partial charge in [0.05, 0.1) is 18.8 Å². The minimum absolute atomic E-state index is 0.220. The number of rotatable bonds is 7. The molecule has 0 unspecified atom stereocenters. The fraction of sp³-hybridized carbons (Fsp3) is 0.714. The summed E-state index contributed by atoms with van der Waals surface area (Å²) in [6, 6.07) is -1.23. The van der Waals surface area contributed by atoms with Crippen molar-refractivity contribution in [2.75, 3.05) is 13.2 Å². The lowest BCUT2D eigenvalue weighted by Crippen LogP contribution is -2.67. The standard InChI is InChI=1S/C14H23NO9/c1-3-4-23-13(21)14(22)5-8(18)10(15-7(2)17)12(24-14)11(20)9(19)6-16/h3,8-12,16,18-20,22H,1,4-6H2,2H3,(H,15,17)/t8-,9+,10+,11+,12+,14+/m0/s1. The van der Waals surface area contributed by atoms with Crippen molar-refractivity contribution in [3.8, 4) is 0 Å². The van der Waals surface area contributed by atoms with Crippen LogP contribution in [0.4, 0.5) is 0 Å². The fourth-order valence-corrected chi connectivity index (χ4v) is 2.38. The number of aliphatic hydroxyl groups excluding tert-OH is 4. The predicted octanol–water partition coefficient (Wildman–Crippen LogP) is -3.23. The second-order valence-corrected chi connectivity index (χ2v) is 5.49. The Morgan fingerprint density at radius 1 is 1.50 bits per heavy atom. The molecule has 1 aliphatic heterocycles. The number of hydrogen-bond acceptors (Lipinski definition) is 9. The molecule has 0 radical (unpaired) electrons. The van der Waals surface area contributed by atoms with E-state index in [9.17, 15) is 30.0 Å². The topological polar surface area (TPSA) is 166 Å². The zero-order valence-corrected chi connectivity index (χ0v) is 13.2. The molecule has 1 amide bonds. The van der Waals surface area contributed by atoms with Crippen molar-refractivity contribution in [2.24, 2.45) is 0 Å². The Balaban J connectivity index is 3.07. The fourth-order valence-electron chi connectivity index (χ4n) is 2.38. The van der Waals surface area contributed by atoms with Crippen LogP contribution in [0.1, 0.15) is 13.3 Å². The maximum Gasteiger partial charge on any atom is 0.367 e. The van der Waals surface area contributed by atoms with Gasteiger partial charge >= 0.3 is 5.97 Å². The molecule has 1 aliphatic rings. The highest BCUT2D eigenvalue weighted by Crippen LogP contribution is 2.31. The van der Waals surface area contributed by atoms with Crippen molar-refractivity contribution in [3.05, 3.63) is 12.7 Å². The summed E-state index contributed by atoms with van der Waals surface area (Å²) in [6.07, 6.45) is -5.95. The van der Waals surface area contributed by atoms with Gasteiger partial charge in [-0.25, -0.2) is 4.79 Å². The van der Waals surface area contributed by atoms with Crippen molar-refractivity contribution < 1.29 is 44.6 Å². The molecule has 6 N–H and O–H groups in total. The molecule has 6 atom stereocenters. The van der Waals surface area contributed by atoms with Crippen molar-refractivity contribution in [3.63, 3.8) is 0 Å². The first-order valence-corrected chi connectivity index (χ1v) is 7.26. The van der Waals surface area contributed by atoms with Gasteiger partial charge in [-0.2, -0.15) is 0 Å². The Hall–Kier alpha value is -1.56. The third-order valence-corrected chi connectivity index (χ3v) is 3.52. The lowest BCUT2D eigenvalue weighted by Gasteiger charge is -2.45. The molecule has 10 nitrogen and oxygen atoms in total. The number of carbonyl (C=O) groups excluding carboxylic acids is 2. The highest BCUT2D eigenvalue weighted by Gasteiger charge is 2.54. The summed E-state index contributed by atoms with van der Waals surface area (Å²) in [5, 5.41) is 51.4. The Labute approximate surface area is 138 Å². The molecule has 0 aliphatic carbocycles. The largest absolute Gasteiger partial charge is 0.457 e. The maximum absolute atomic E-state index is 11.9. The molecule has 24 heavy (non-hydrogen) atoms. The van der Waals surface area contributed by atoms with Gasteiger partial charge in [-0.15, -0.1) is 0 Å². The first-order valence-electron chi connectivity index (χ1n) is 7.26. The summed E-state index contributed by atoms with van der Waals surface area (Å²) in [7, 11) is 0. The molecule has 10 heteroatoms. The Morgan fingerprint density at radius 2 is 2.12 bits per heavy atom. The molecule has 1 saturated heterocycles. The van der Waals surface area contributed by atoms with Gasteiger partial charge in [0.1, 0.15) is 24.9 Å². The van der Waals surface area contributed by atoms with E-state index < -0.39 is 61.1 Å². The van der Waals surface area contributed by atoms with Crippen LogP contribution in [-0.2, 0) is 19.1 Å². The van der Waals surface area contributed by atoms with E-state index >= 15 is 0 Å². The minimum atomic E-state index is -2.60. The molecule has 0 aromatic heterocycles. The number of nitrogens with one attached hydrogen (secondary N) is 1. The van der Waals surface area contributed by atoms with E-state index in [1.54, 1.807) is 0 Å². The van der Waals surface area contributed by atoms with Gasteiger partial charge in [-0.05, 0) is 0 Å². The van der Waals surface area contributed by atoms with Gasteiger partial charge in [-0.3, -0.25) is 4.79 Å². The lowest BCUT2D eigenvalue weighted by molar-refractivity contribution is -0.296. The van der Waals surface area contributed by atoms with Crippen LogP contribution < -0.4 is 5.32 Å². The summed E-state index contributed by atoms with van der Waals surface area (Å²) in [5.74, 6) is -4.39. The van der Waals surface area contributed by atoms with Crippen LogP contribution in [0.25, 0.3) is 0 Å². The molecule has 1 fully saturated rings. The van der Waals surface area contributed by atoms with Crippen LogP contribution in [-0.4, -0.2) is 86.9 Å². The zero-order chi connectivity index (χ0) is 18.5. The normalized spacial score (nSPS) is 32.5. The number of ether oxygens (including phenoxy) is 2. The molecule has 0 saturated carbocycles. The van der Waals surface area contributed by atoms with Gasteiger partial charge in [-0.1, -0.05) is 12.7 Å². The van der Waals surface area contributed by atoms with Crippen molar-refractivity contribution in [1.29, 1.82) is 0 Å². The summed E-state index contributed by atoms with van der Waals surface area (Å²) in [5.41, 5.74) is 0. The van der Waals surface area contributed by atoms with Crippen LogP contribution in [0.5, 0.6) is 0 Å². The molecule has 0 aromatic carbocycles. The quantitative estimate of drug-likeness (QED) is 0.205. The third kappa shape index (κ3) is 4.72. The number of hydrogen-bond donors (Lipinski definition) is 6. The summed E-state index contributed by atoms with van der Waals surface area (Å²) < 4.78 is 9.84. The van der Waals surface area contributed by atoms with Crippen LogP contribution in [0.3, 0.4) is 0 Å². The highest BCUT2D eigenvalue weighted by atomic mass is 16.7. The minimum Gasteiger partial charge on any atom is -0.457 e. The molecular weight excluding hydrogens is 326 g/mol. The van der Waals surface area contributed by atoms with Crippen LogP contribution in [0.2, 0.25) is 0 Å². The Morgan fingerprint density at radius 3 is 2.62 bits per heavy atom.